The summed E-state index contributed by atoms with van der Waals surface area (Å²) in [6.07, 6.45) is 1.41. The molecule has 3 atom stereocenters. The van der Waals surface area contributed by atoms with Crippen LogP contribution in [0.2, 0.25) is 0 Å². The van der Waals surface area contributed by atoms with Crippen LogP contribution < -0.4 is 5.32 Å². The van der Waals surface area contributed by atoms with Crippen molar-refractivity contribution >= 4 is 9.84 Å². The fourth-order valence-electron chi connectivity index (χ4n) is 3.77. The lowest BCUT2D eigenvalue weighted by atomic mass is 9.70. The van der Waals surface area contributed by atoms with Crippen molar-refractivity contribution in [2.24, 2.45) is 0 Å². The van der Waals surface area contributed by atoms with Crippen molar-refractivity contribution in [3.05, 3.63) is 35.4 Å². The van der Waals surface area contributed by atoms with E-state index in [-0.39, 0.29) is 22.0 Å². The summed E-state index contributed by atoms with van der Waals surface area (Å²) in [4.78, 5) is 0. The SMILES string of the molecule is CC1CCNC2c3ccccc3C(C)(C)CC2S1(=O)=O. The van der Waals surface area contributed by atoms with Crippen LogP contribution in [0.25, 0.3) is 0 Å². The third-order valence-corrected chi connectivity index (χ3v) is 7.65. The van der Waals surface area contributed by atoms with Gasteiger partial charge in [0.25, 0.3) is 0 Å². The zero-order valence-corrected chi connectivity index (χ0v) is 13.2. The first kappa shape index (κ1) is 14.1. The molecule has 0 radical (unpaired) electrons. The summed E-state index contributed by atoms with van der Waals surface area (Å²) in [5.74, 6) is 0. The Hall–Kier alpha value is -0.870. The summed E-state index contributed by atoms with van der Waals surface area (Å²) in [5.41, 5.74) is 2.38. The molecule has 1 fully saturated rings. The zero-order chi connectivity index (χ0) is 14.5. The van der Waals surface area contributed by atoms with Gasteiger partial charge in [0.05, 0.1) is 10.5 Å². The number of sulfone groups is 1. The molecule has 3 unspecified atom stereocenters. The minimum Gasteiger partial charge on any atom is -0.309 e. The summed E-state index contributed by atoms with van der Waals surface area (Å²) in [6, 6.07) is 8.25. The molecule has 0 bridgehead atoms. The summed E-state index contributed by atoms with van der Waals surface area (Å²) >= 11 is 0. The molecule has 3 nitrogen and oxygen atoms in total. The van der Waals surface area contributed by atoms with E-state index in [4.69, 9.17) is 0 Å². The highest BCUT2D eigenvalue weighted by molar-refractivity contribution is 7.92. The van der Waals surface area contributed by atoms with E-state index in [1.54, 1.807) is 0 Å². The molecule has 0 amide bonds. The van der Waals surface area contributed by atoms with Crippen molar-refractivity contribution in [2.45, 2.75) is 55.6 Å². The topological polar surface area (TPSA) is 46.2 Å². The highest BCUT2D eigenvalue weighted by Gasteiger charge is 2.47. The molecule has 1 aliphatic heterocycles. The maximum Gasteiger partial charge on any atom is 0.157 e. The van der Waals surface area contributed by atoms with E-state index in [1.165, 1.54) is 11.1 Å². The maximum absolute atomic E-state index is 12.8. The number of hydrogen-bond donors (Lipinski definition) is 1. The molecule has 0 aromatic heterocycles. The molecule has 20 heavy (non-hydrogen) atoms. The molecular formula is C16H23NO2S. The van der Waals surface area contributed by atoms with E-state index in [0.717, 1.165) is 6.54 Å². The Morgan fingerprint density at radius 3 is 2.70 bits per heavy atom. The fraction of sp³-hybridized carbons (Fsp3) is 0.625. The van der Waals surface area contributed by atoms with Crippen molar-refractivity contribution < 1.29 is 8.42 Å². The predicted octanol–water partition coefficient (Wildman–Crippen LogP) is 2.57. The molecule has 1 aromatic carbocycles. The van der Waals surface area contributed by atoms with Crippen LogP contribution in [-0.4, -0.2) is 25.5 Å². The third-order valence-electron chi connectivity index (χ3n) is 5.01. The fourth-order valence-corrected chi connectivity index (χ4v) is 6.08. The van der Waals surface area contributed by atoms with E-state index in [9.17, 15) is 8.42 Å². The summed E-state index contributed by atoms with van der Waals surface area (Å²) < 4.78 is 25.6. The van der Waals surface area contributed by atoms with Crippen LogP contribution in [0.1, 0.15) is 50.8 Å². The van der Waals surface area contributed by atoms with Crippen LogP contribution in [0.15, 0.2) is 24.3 Å². The maximum atomic E-state index is 12.8. The first-order valence-electron chi connectivity index (χ1n) is 7.39. The second kappa shape index (κ2) is 4.57. The smallest absolute Gasteiger partial charge is 0.157 e. The largest absolute Gasteiger partial charge is 0.309 e. The second-order valence-corrected chi connectivity index (χ2v) is 9.42. The van der Waals surface area contributed by atoms with Crippen molar-refractivity contribution in [1.82, 2.24) is 5.32 Å². The zero-order valence-electron chi connectivity index (χ0n) is 12.4. The Kier molecular flexibility index (Phi) is 3.22. The van der Waals surface area contributed by atoms with Gasteiger partial charge in [-0.3, -0.25) is 0 Å². The highest BCUT2D eigenvalue weighted by atomic mass is 32.2. The van der Waals surface area contributed by atoms with Gasteiger partial charge in [0.1, 0.15) is 0 Å². The molecule has 1 saturated heterocycles. The number of benzene rings is 1. The molecule has 2 aliphatic rings. The average Bonchev–Trinajstić information content (AvgIpc) is 2.50. The Morgan fingerprint density at radius 1 is 1.25 bits per heavy atom. The van der Waals surface area contributed by atoms with Gasteiger partial charge in [-0.1, -0.05) is 38.1 Å². The minimum atomic E-state index is -3.08. The lowest BCUT2D eigenvalue weighted by molar-refractivity contribution is 0.364. The van der Waals surface area contributed by atoms with Crippen molar-refractivity contribution in [3.8, 4) is 0 Å². The summed E-state index contributed by atoms with van der Waals surface area (Å²) in [5, 5.41) is 2.94. The molecule has 4 heteroatoms. The molecular weight excluding hydrogens is 270 g/mol. The standard InChI is InChI=1S/C16H23NO2S/c1-11-8-9-17-15-12-6-4-5-7-13(12)16(2,3)10-14(15)20(11,18)19/h4-7,11,14-15,17H,8-10H2,1-3H3. The number of hydrogen-bond acceptors (Lipinski definition) is 3. The Labute approximate surface area is 121 Å². The van der Waals surface area contributed by atoms with Crippen molar-refractivity contribution in [3.63, 3.8) is 0 Å². The monoisotopic (exact) mass is 293 g/mol. The van der Waals surface area contributed by atoms with Gasteiger partial charge in [0, 0.05) is 6.04 Å². The molecule has 0 saturated carbocycles. The van der Waals surface area contributed by atoms with Gasteiger partial charge in [-0.2, -0.15) is 0 Å². The first-order valence-corrected chi connectivity index (χ1v) is 9.00. The van der Waals surface area contributed by atoms with E-state index in [1.807, 2.05) is 13.0 Å². The normalized spacial score (nSPS) is 34.6. The van der Waals surface area contributed by atoms with E-state index < -0.39 is 9.84 Å². The Morgan fingerprint density at radius 2 is 1.95 bits per heavy atom. The van der Waals surface area contributed by atoms with E-state index in [0.29, 0.717) is 12.8 Å². The van der Waals surface area contributed by atoms with E-state index in [2.05, 4.69) is 37.4 Å². The van der Waals surface area contributed by atoms with Gasteiger partial charge in [-0.05, 0) is 42.9 Å². The number of rotatable bonds is 0. The third kappa shape index (κ3) is 2.01. The summed E-state index contributed by atoms with van der Waals surface area (Å²) in [6.45, 7) is 6.95. The Bertz CT molecular complexity index is 621. The van der Waals surface area contributed by atoms with Gasteiger partial charge in [0.2, 0.25) is 0 Å². The van der Waals surface area contributed by atoms with Crippen LogP contribution in [0, 0.1) is 0 Å². The van der Waals surface area contributed by atoms with Crippen LogP contribution in [-0.2, 0) is 15.3 Å². The van der Waals surface area contributed by atoms with E-state index >= 15 is 0 Å². The van der Waals surface area contributed by atoms with Crippen molar-refractivity contribution in [2.75, 3.05) is 6.54 Å². The van der Waals surface area contributed by atoms with Crippen LogP contribution in [0.3, 0.4) is 0 Å². The second-order valence-electron chi connectivity index (χ2n) is 6.83. The van der Waals surface area contributed by atoms with Gasteiger partial charge in [0.15, 0.2) is 9.84 Å². The van der Waals surface area contributed by atoms with Gasteiger partial charge in [-0.15, -0.1) is 0 Å². The van der Waals surface area contributed by atoms with Crippen LogP contribution in [0.5, 0.6) is 0 Å². The van der Waals surface area contributed by atoms with Crippen molar-refractivity contribution in [1.29, 1.82) is 0 Å². The molecule has 110 valence electrons. The molecule has 1 heterocycles. The number of fused-ring (bicyclic) bond motifs is 3. The Balaban J connectivity index is 2.18. The van der Waals surface area contributed by atoms with Gasteiger partial charge >= 0.3 is 0 Å². The molecule has 1 aliphatic carbocycles. The average molecular weight is 293 g/mol. The van der Waals surface area contributed by atoms with Crippen LogP contribution >= 0.6 is 0 Å². The summed E-state index contributed by atoms with van der Waals surface area (Å²) in [7, 11) is -3.08. The van der Waals surface area contributed by atoms with Gasteiger partial charge < -0.3 is 5.32 Å². The number of nitrogens with one attached hydrogen (secondary N) is 1. The molecule has 3 rings (SSSR count). The molecule has 1 aromatic rings. The quantitative estimate of drug-likeness (QED) is 0.799. The lowest BCUT2D eigenvalue weighted by Gasteiger charge is -2.42. The predicted molar refractivity (Wildman–Crippen MR) is 81.6 cm³/mol. The molecule has 0 spiro atoms. The lowest BCUT2D eigenvalue weighted by Crippen LogP contribution is -2.45. The molecule has 1 N–H and O–H groups in total. The highest BCUT2D eigenvalue weighted by Crippen LogP contribution is 2.45. The minimum absolute atomic E-state index is 0.0471. The van der Waals surface area contributed by atoms with Crippen LogP contribution in [0.4, 0.5) is 0 Å². The first-order chi connectivity index (χ1) is 9.34. The van der Waals surface area contributed by atoms with Gasteiger partial charge in [-0.25, -0.2) is 8.42 Å².